The fourth-order valence-corrected chi connectivity index (χ4v) is 4.63. The molecule has 150 valence electrons. The van der Waals surface area contributed by atoms with Crippen molar-refractivity contribution in [2.24, 2.45) is 0 Å². The molecule has 1 fully saturated rings. The van der Waals surface area contributed by atoms with E-state index >= 15 is 0 Å². The highest BCUT2D eigenvalue weighted by Gasteiger charge is 2.42. The first-order chi connectivity index (χ1) is 13.4. The molecule has 2 aliphatic rings. The molecule has 1 aromatic carbocycles. The molecule has 6 nitrogen and oxygen atoms in total. The topological polar surface area (TPSA) is 63.7 Å². The Labute approximate surface area is 169 Å². The number of amides is 1. The Morgan fingerprint density at radius 3 is 2.75 bits per heavy atom. The third-order valence-corrected chi connectivity index (χ3v) is 6.43. The number of aromatic nitrogens is 1. The molecule has 1 saturated carbocycles. The molecule has 2 heterocycles. The highest BCUT2D eigenvalue weighted by Crippen LogP contribution is 2.46. The molecule has 1 aliphatic heterocycles. The van der Waals surface area contributed by atoms with Crippen LogP contribution in [0.5, 0.6) is 11.5 Å². The summed E-state index contributed by atoms with van der Waals surface area (Å²) in [5.74, 6) is 0.949. The highest BCUT2D eigenvalue weighted by molar-refractivity contribution is 7.11. The van der Waals surface area contributed by atoms with Gasteiger partial charge >= 0.3 is 0 Å². The van der Waals surface area contributed by atoms with E-state index in [1.54, 1.807) is 11.3 Å². The molecule has 0 saturated heterocycles. The van der Waals surface area contributed by atoms with Gasteiger partial charge in [0, 0.05) is 42.2 Å². The van der Waals surface area contributed by atoms with Gasteiger partial charge in [-0.2, -0.15) is 0 Å². The van der Waals surface area contributed by atoms with Crippen molar-refractivity contribution in [2.45, 2.75) is 64.3 Å². The maximum absolute atomic E-state index is 12.7. The van der Waals surface area contributed by atoms with E-state index < -0.39 is 5.79 Å². The first kappa shape index (κ1) is 19.2. The number of nitrogens with one attached hydrogen (secondary N) is 1. The number of rotatable bonds is 5. The van der Waals surface area contributed by atoms with Crippen molar-refractivity contribution in [3.63, 3.8) is 0 Å². The second kappa shape index (κ2) is 7.72. The number of ether oxygens (including phenoxy) is 2. The van der Waals surface area contributed by atoms with Crippen LogP contribution in [0.1, 0.15) is 48.9 Å². The van der Waals surface area contributed by atoms with E-state index in [2.05, 4.69) is 10.3 Å². The normalized spacial score (nSPS) is 18.4. The Hall–Kier alpha value is -2.12. The minimum atomic E-state index is -0.496. The van der Waals surface area contributed by atoms with Crippen molar-refractivity contribution in [1.29, 1.82) is 0 Å². The van der Waals surface area contributed by atoms with Gasteiger partial charge in [0.2, 0.25) is 5.91 Å². The molecule has 7 heteroatoms. The molecule has 1 spiro atoms. The van der Waals surface area contributed by atoms with Crippen LogP contribution >= 0.6 is 11.3 Å². The summed E-state index contributed by atoms with van der Waals surface area (Å²) in [4.78, 5) is 20.2. The van der Waals surface area contributed by atoms with E-state index in [1.165, 1.54) is 6.42 Å². The summed E-state index contributed by atoms with van der Waals surface area (Å²) in [5.41, 5.74) is 0.731. The van der Waals surface area contributed by atoms with Gasteiger partial charge in [0.15, 0.2) is 11.5 Å². The lowest BCUT2D eigenvalue weighted by Crippen LogP contribution is -2.40. The first-order valence-corrected chi connectivity index (χ1v) is 10.7. The third kappa shape index (κ3) is 4.00. The van der Waals surface area contributed by atoms with E-state index in [0.29, 0.717) is 6.54 Å². The number of aryl methyl sites for hydroxylation is 1. The number of carbonyl (C=O) groups excluding carboxylic acids is 1. The Kier molecular flexibility index (Phi) is 5.29. The fourth-order valence-electron chi connectivity index (χ4n) is 3.77. The van der Waals surface area contributed by atoms with Crippen LogP contribution in [0, 0.1) is 6.92 Å². The first-order valence-electron chi connectivity index (χ1n) is 9.89. The summed E-state index contributed by atoms with van der Waals surface area (Å²) < 4.78 is 12.3. The number of fused-ring (bicyclic) bond motifs is 1. The predicted octanol–water partition coefficient (Wildman–Crippen LogP) is 4.34. The van der Waals surface area contributed by atoms with Gasteiger partial charge < -0.3 is 14.8 Å². The lowest BCUT2D eigenvalue weighted by atomic mass is 9.94. The molecular formula is C21H27N3O3S. The van der Waals surface area contributed by atoms with Crippen LogP contribution in [-0.4, -0.2) is 34.7 Å². The number of nitrogens with zero attached hydrogens (tertiary/aromatic N) is 2. The van der Waals surface area contributed by atoms with Crippen LogP contribution in [0.25, 0.3) is 0 Å². The maximum atomic E-state index is 12.7. The van der Waals surface area contributed by atoms with Crippen molar-refractivity contribution in [3.8, 4) is 11.5 Å². The van der Waals surface area contributed by atoms with Crippen LogP contribution in [0.2, 0.25) is 0 Å². The summed E-state index contributed by atoms with van der Waals surface area (Å²) in [6.07, 6.45) is 7.20. The van der Waals surface area contributed by atoms with Crippen molar-refractivity contribution >= 4 is 22.9 Å². The minimum absolute atomic E-state index is 0.0463. The lowest BCUT2D eigenvalue weighted by Gasteiger charge is -2.31. The molecule has 0 unspecified atom stereocenters. The second-order valence-corrected chi connectivity index (χ2v) is 9.08. The minimum Gasteiger partial charge on any atom is -0.448 e. The summed E-state index contributed by atoms with van der Waals surface area (Å²) in [5, 5.41) is 4.04. The van der Waals surface area contributed by atoms with Crippen molar-refractivity contribution in [2.75, 3.05) is 12.4 Å². The van der Waals surface area contributed by atoms with Gasteiger partial charge in [-0.25, -0.2) is 4.98 Å². The average molecular weight is 402 g/mol. The zero-order chi connectivity index (χ0) is 19.7. The summed E-state index contributed by atoms with van der Waals surface area (Å²) in [6, 6.07) is 5.37. The van der Waals surface area contributed by atoms with E-state index in [4.69, 9.17) is 9.47 Å². The maximum Gasteiger partial charge on any atom is 0.251 e. The molecule has 4 rings (SSSR count). The van der Waals surface area contributed by atoms with Gasteiger partial charge in [-0.1, -0.05) is 6.42 Å². The fraction of sp³-hybridized carbons (Fsp3) is 0.524. The van der Waals surface area contributed by atoms with Gasteiger partial charge in [-0.05, 0) is 45.9 Å². The molecule has 1 N–H and O–H groups in total. The van der Waals surface area contributed by atoms with Crippen LogP contribution < -0.4 is 14.8 Å². The molecular weight excluding hydrogens is 374 g/mol. The lowest BCUT2D eigenvalue weighted by molar-refractivity contribution is -0.120. The van der Waals surface area contributed by atoms with Gasteiger partial charge in [0.25, 0.3) is 5.79 Å². The molecule has 0 radical (unpaired) electrons. The van der Waals surface area contributed by atoms with Crippen LogP contribution in [-0.2, 0) is 11.3 Å². The Morgan fingerprint density at radius 1 is 1.29 bits per heavy atom. The number of likely N-dealkylation sites (N-methyl/N-ethyl adjacent to an activating group) is 1. The molecule has 1 atom stereocenters. The van der Waals surface area contributed by atoms with Crippen LogP contribution in [0.3, 0.4) is 0 Å². The molecule has 1 aromatic heterocycles. The SMILES string of the molecule is Cc1ncc(CN(C)[C@@H](C)C(=O)Nc2ccc3c(c2)OC2(CCCCC2)O3)s1. The number of hydrogen-bond acceptors (Lipinski definition) is 6. The monoisotopic (exact) mass is 401 g/mol. The van der Waals surface area contributed by atoms with E-state index in [0.717, 1.165) is 52.8 Å². The Morgan fingerprint density at radius 2 is 2.04 bits per heavy atom. The quantitative estimate of drug-likeness (QED) is 0.807. The van der Waals surface area contributed by atoms with E-state index in [-0.39, 0.29) is 11.9 Å². The van der Waals surface area contributed by atoms with Gasteiger partial charge in [-0.3, -0.25) is 9.69 Å². The zero-order valence-corrected chi connectivity index (χ0v) is 17.5. The summed E-state index contributed by atoms with van der Waals surface area (Å²) in [6.45, 7) is 4.60. The van der Waals surface area contributed by atoms with E-state index in [1.807, 2.05) is 50.2 Å². The zero-order valence-electron chi connectivity index (χ0n) is 16.7. The number of benzene rings is 1. The smallest absolute Gasteiger partial charge is 0.251 e. The van der Waals surface area contributed by atoms with Gasteiger partial charge in [-0.15, -0.1) is 11.3 Å². The number of thiazole rings is 1. The number of hydrogen-bond donors (Lipinski definition) is 1. The second-order valence-electron chi connectivity index (χ2n) is 7.76. The predicted molar refractivity (Wildman–Crippen MR) is 110 cm³/mol. The van der Waals surface area contributed by atoms with Gasteiger partial charge in [0.1, 0.15) is 0 Å². The Bertz CT molecular complexity index is 860. The third-order valence-electron chi connectivity index (χ3n) is 5.53. The average Bonchev–Trinajstić information content (AvgIpc) is 3.23. The summed E-state index contributed by atoms with van der Waals surface area (Å²) in [7, 11) is 1.95. The van der Waals surface area contributed by atoms with Crippen molar-refractivity contribution < 1.29 is 14.3 Å². The molecule has 28 heavy (non-hydrogen) atoms. The summed E-state index contributed by atoms with van der Waals surface area (Å²) >= 11 is 1.66. The van der Waals surface area contributed by atoms with Gasteiger partial charge in [0.05, 0.1) is 11.0 Å². The Balaban J connectivity index is 1.38. The molecule has 2 aromatic rings. The standard InChI is InChI=1S/C21H27N3O3S/c1-14(24(3)13-17-12-22-15(2)28-17)20(25)23-16-7-8-18-19(11-16)27-21(26-18)9-5-4-6-10-21/h7-8,11-12,14H,4-6,9-10,13H2,1-3H3,(H,23,25)/t14-/m0/s1. The largest absolute Gasteiger partial charge is 0.448 e. The van der Waals surface area contributed by atoms with Crippen LogP contribution in [0.15, 0.2) is 24.4 Å². The number of anilines is 1. The highest BCUT2D eigenvalue weighted by atomic mass is 32.1. The van der Waals surface area contributed by atoms with Crippen LogP contribution in [0.4, 0.5) is 5.69 Å². The molecule has 1 aliphatic carbocycles. The number of carbonyl (C=O) groups is 1. The molecule has 0 bridgehead atoms. The van der Waals surface area contributed by atoms with E-state index in [9.17, 15) is 4.79 Å². The molecule has 1 amide bonds. The van der Waals surface area contributed by atoms with Crippen molar-refractivity contribution in [1.82, 2.24) is 9.88 Å². The van der Waals surface area contributed by atoms with Crippen molar-refractivity contribution in [3.05, 3.63) is 34.3 Å².